The largest absolute Gasteiger partial charge is 0.337 e. The lowest BCUT2D eigenvalue weighted by Crippen LogP contribution is -3.11. The van der Waals surface area contributed by atoms with Crippen molar-refractivity contribution in [3.8, 4) is 0 Å². The molecule has 5 nitrogen and oxygen atoms in total. The highest BCUT2D eigenvalue weighted by molar-refractivity contribution is 7.92. The molecule has 2 heterocycles. The summed E-state index contributed by atoms with van der Waals surface area (Å²) in [5.74, 6) is 0.152. The molecule has 1 unspecified atom stereocenters. The van der Waals surface area contributed by atoms with Crippen LogP contribution in [0.1, 0.15) is 40.7 Å². The second-order valence-electron chi connectivity index (χ2n) is 7.82. The number of hydrogen-bond donors (Lipinski definition) is 1. The van der Waals surface area contributed by atoms with E-state index in [1.807, 2.05) is 19.1 Å². The van der Waals surface area contributed by atoms with Gasteiger partial charge in [0.1, 0.15) is 0 Å². The minimum atomic E-state index is -3.68. The van der Waals surface area contributed by atoms with Crippen LogP contribution in [0.25, 0.3) is 0 Å². The van der Waals surface area contributed by atoms with Crippen LogP contribution >= 0.6 is 0 Å². The van der Waals surface area contributed by atoms with E-state index < -0.39 is 10.0 Å². The van der Waals surface area contributed by atoms with Gasteiger partial charge in [0.2, 0.25) is 0 Å². The summed E-state index contributed by atoms with van der Waals surface area (Å²) in [6.45, 7) is 5.43. The van der Waals surface area contributed by atoms with Gasteiger partial charge in [-0.2, -0.15) is 0 Å². The summed E-state index contributed by atoms with van der Waals surface area (Å²) in [6, 6.07) is 12.3. The lowest BCUT2D eigenvalue weighted by Gasteiger charge is -2.34. The zero-order chi connectivity index (χ0) is 19.3. The fourth-order valence-corrected chi connectivity index (χ4v) is 6.18. The monoisotopic (exact) mass is 385 g/mol. The van der Waals surface area contributed by atoms with E-state index in [4.69, 9.17) is 0 Å². The Labute approximate surface area is 160 Å². The van der Waals surface area contributed by atoms with E-state index in [2.05, 4.69) is 13.1 Å². The molecule has 1 fully saturated rings. The molecule has 2 aromatic carbocycles. The van der Waals surface area contributed by atoms with Gasteiger partial charge >= 0.3 is 0 Å². The van der Waals surface area contributed by atoms with E-state index in [-0.39, 0.29) is 22.6 Å². The van der Waals surface area contributed by atoms with E-state index in [1.165, 1.54) is 11.8 Å². The number of piperidine rings is 1. The fraction of sp³-hybridized carbons (Fsp3) is 0.381. The van der Waals surface area contributed by atoms with Gasteiger partial charge in [0, 0.05) is 12.0 Å². The number of nitrogens with one attached hydrogen (secondary N) is 1. The van der Waals surface area contributed by atoms with Crippen molar-refractivity contribution in [1.82, 2.24) is 0 Å². The number of anilines is 1. The van der Waals surface area contributed by atoms with Crippen LogP contribution in [-0.2, 0) is 10.0 Å². The molecule has 0 amide bonds. The number of benzene rings is 2. The van der Waals surface area contributed by atoms with Crippen molar-refractivity contribution in [3.05, 3.63) is 59.2 Å². The SMILES string of the molecule is CC(=O)c1ccc(S(=O)(=O)N2c3ccc(C)cc3[C@@H]3C[NH+](C)CC[C@@H]32)cc1. The predicted octanol–water partition coefficient (Wildman–Crippen LogP) is 1.78. The maximum Gasteiger partial charge on any atom is 0.264 e. The van der Waals surface area contributed by atoms with Gasteiger partial charge in [-0.1, -0.05) is 29.8 Å². The molecule has 1 N–H and O–H groups in total. The molecule has 6 heteroatoms. The van der Waals surface area contributed by atoms with E-state index >= 15 is 0 Å². The molecule has 27 heavy (non-hydrogen) atoms. The first-order valence-electron chi connectivity index (χ1n) is 9.36. The van der Waals surface area contributed by atoms with Crippen molar-refractivity contribution in [2.45, 2.75) is 37.1 Å². The van der Waals surface area contributed by atoms with E-state index in [0.717, 1.165) is 36.3 Å². The van der Waals surface area contributed by atoms with Gasteiger partial charge in [-0.05, 0) is 37.6 Å². The summed E-state index contributed by atoms with van der Waals surface area (Å²) in [6.07, 6.45) is 0.842. The number of likely N-dealkylation sites (N-methyl/N-ethyl adjacent to an activating group) is 1. The Morgan fingerprint density at radius 3 is 2.52 bits per heavy atom. The molecule has 2 aliphatic heterocycles. The number of sulfonamides is 1. The summed E-state index contributed by atoms with van der Waals surface area (Å²) in [7, 11) is -1.51. The number of carbonyl (C=O) groups excluding carboxylic acids is 1. The zero-order valence-electron chi connectivity index (χ0n) is 15.9. The first-order chi connectivity index (χ1) is 12.8. The molecule has 0 aliphatic carbocycles. The Kier molecular flexibility index (Phi) is 4.35. The van der Waals surface area contributed by atoms with Gasteiger partial charge < -0.3 is 4.90 Å². The second-order valence-corrected chi connectivity index (χ2v) is 9.63. The lowest BCUT2D eigenvalue weighted by atomic mass is 9.89. The van der Waals surface area contributed by atoms with Gasteiger partial charge in [0.25, 0.3) is 10.0 Å². The van der Waals surface area contributed by atoms with Crippen LogP contribution in [0.2, 0.25) is 0 Å². The Morgan fingerprint density at radius 2 is 1.85 bits per heavy atom. The van der Waals surface area contributed by atoms with Gasteiger partial charge in [0.05, 0.1) is 42.7 Å². The Hall–Kier alpha value is -2.18. The molecule has 2 aromatic rings. The van der Waals surface area contributed by atoms with Gasteiger partial charge in [-0.3, -0.25) is 9.10 Å². The number of nitrogens with zero attached hydrogens (tertiary/aromatic N) is 1. The Bertz CT molecular complexity index is 999. The smallest absolute Gasteiger partial charge is 0.264 e. The quantitative estimate of drug-likeness (QED) is 0.820. The topological polar surface area (TPSA) is 58.9 Å². The Balaban J connectivity index is 1.81. The van der Waals surface area contributed by atoms with Crippen molar-refractivity contribution >= 4 is 21.5 Å². The third-order valence-corrected chi connectivity index (χ3v) is 7.69. The van der Waals surface area contributed by atoms with Gasteiger partial charge in [-0.15, -0.1) is 0 Å². The number of hydrogen-bond acceptors (Lipinski definition) is 3. The highest BCUT2D eigenvalue weighted by atomic mass is 32.2. The first-order valence-corrected chi connectivity index (χ1v) is 10.8. The standard InChI is InChI=1S/C21H24N2O3S/c1-14-4-9-20-18(12-14)19-13-22(3)11-10-21(19)23(20)27(25,26)17-7-5-16(6-8-17)15(2)24/h4-9,12,19,21H,10-11,13H2,1-3H3/p+1/t19-,21-/m0/s1. The predicted molar refractivity (Wildman–Crippen MR) is 105 cm³/mol. The van der Waals surface area contributed by atoms with Crippen molar-refractivity contribution < 1.29 is 18.1 Å². The Morgan fingerprint density at radius 1 is 1.15 bits per heavy atom. The number of rotatable bonds is 3. The molecule has 2 aliphatic rings. The summed E-state index contributed by atoms with van der Waals surface area (Å²) < 4.78 is 28.7. The van der Waals surface area contributed by atoms with Crippen LogP contribution in [0.5, 0.6) is 0 Å². The number of carbonyl (C=O) groups is 1. The van der Waals surface area contributed by atoms with E-state index in [1.54, 1.807) is 28.6 Å². The number of likely N-dealkylation sites (tertiary alicyclic amines) is 1. The van der Waals surface area contributed by atoms with Gasteiger partial charge in [-0.25, -0.2) is 8.42 Å². The van der Waals surface area contributed by atoms with Crippen LogP contribution in [-0.4, -0.2) is 40.4 Å². The third kappa shape index (κ3) is 2.97. The molecule has 0 aromatic heterocycles. The van der Waals surface area contributed by atoms with Crippen LogP contribution < -0.4 is 9.21 Å². The number of fused-ring (bicyclic) bond motifs is 3. The molecule has 0 saturated carbocycles. The molecule has 0 radical (unpaired) electrons. The summed E-state index contributed by atoms with van der Waals surface area (Å²) >= 11 is 0. The highest BCUT2D eigenvalue weighted by Crippen LogP contribution is 2.45. The molecule has 0 bridgehead atoms. The third-order valence-electron chi connectivity index (χ3n) is 5.84. The van der Waals surface area contributed by atoms with E-state index in [0.29, 0.717) is 5.56 Å². The summed E-state index contributed by atoms with van der Waals surface area (Å²) in [5.41, 5.74) is 3.62. The molecular formula is C21H25N2O3S+. The van der Waals surface area contributed by atoms with Crippen LogP contribution in [0.15, 0.2) is 47.4 Å². The van der Waals surface area contributed by atoms with E-state index in [9.17, 15) is 13.2 Å². The van der Waals surface area contributed by atoms with Gasteiger partial charge in [0.15, 0.2) is 5.78 Å². The fourth-order valence-electron chi connectivity index (χ4n) is 4.44. The van der Waals surface area contributed by atoms with Crippen molar-refractivity contribution in [2.75, 3.05) is 24.4 Å². The summed E-state index contributed by atoms with van der Waals surface area (Å²) in [4.78, 5) is 13.2. The maximum absolute atomic E-state index is 13.5. The van der Waals surface area contributed by atoms with Crippen molar-refractivity contribution in [3.63, 3.8) is 0 Å². The number of quaternary nitrogens is 1. The average Bonchev–Trinajstić information content (AvgIpc) is 2.95. The number of aryl methyl sites for hydroxylation is 1. The number of Topliss-reactive ketones (excluding diaryl/α,β-unsaturated/α-hetero) is 1. The number of ketones is 1. The molecule has 3 atom stereocenters. The molecule has 142 valence electrons. The minimum absolute atomic E-state index is 0.0389. The van der Waals surface area contributed by atoms with Crippen LogP contribution in [0, 0.1) is 6.92 Å². The minimum Gasteiger partial charge on any atom is -0.337 e. The molecule has 4 rings (SSSR count). The zero-order valence-corrected chi connectivity index (χ0v) is 16.7. The van der Waals surface area contributed by atoms with Crippen LogP contribution in [0.4, 0.5) is 5.69 Å². The van der Waals surface area contributed by atoms with Crippen molar-refractivity contribution in [2.24, 2.45) is 0 Å². The van der Waals surface area contributed by atoms with Crippen molar-refractivity contribution in [1.29, 1.82) is 0 Å². The second kappa shape index (κ2) is 6.46. The average molecular weight is 386 g/mol. The molecular weight excluding hydrogens is 360 g/mol. The normalized spacial score (nSPS) is 24.4. The summed E-state index contributed by atoms with van der Waals surface area (Å²) in [5, 5.41) is 0. The highest BCUT2D eigenvalue weighted by Gasteiger charge is 2.48. The first kappa shape index (κ1) is 18.2. The molecule has 0 spiro atoms. The molecule has 1 saturated heterocycles. The van der Waals surface area contributed by atoms with Crippen LogP contribution in [0.3, 0.4) is 0 Å². The maximum atomic E-state index is 13.5. The lowest BCUT2D eigenvalue weighted by molar-refractivity contribution is -0.886.